The summed E-state index contributed by atoms with van der Waals surface area (Å²) in [5, 5.41) is 0. The number of nitrogens with two attached hydrogens (primary N) is 1. The summed E-state index contributed by atoms with van der Waals surface area (Å²) in [4.78, 5) is 5.05. The highest BCUT2D eigenvalue weighted by atomic mass is 32.1. The van der Waals surface area contributed by atoms with Crippen molar-refractivity contribution in [3.8, 4) is 5.75 Å². The highest BCUT2D eigenvalue weighted by molar-refractivity contribution is 7.80. The molecule has 2 heterocycles. The maximum Gasteiger partial charge on any atom is 0.179 e. The second-order valence-corrected chi connectivity index (χ2v) is 5.01. The molecule has 0 unspecified atom stereocenters. The number of imidazole rings is 1. The van der Waals surface area contributed by atoms with Crippen molar-refractivity contribution in [1.82, 2.24) is 9.38 Å². The van der Waals surface area contributed by atoms with Gasteiger partial charge in [-0.25, -0.2) is 4.98 Å². The molecule has 2 aromatic heterocycles. The fraction of sp³-hybridized carbons (Fsp3) is 0.385. The van der Waals surface area contributed by atoms with Crippen LogP contribution in [-0.2, 0) is 0 Å². The van der Waals surface area contributed by atoms with E-state index in [0.717, 1.165) is 17.1 Å². The van der Waals surface area contributed by atoms with E-state index in [9.17, 15) is 0 Å². The molecule has 0 aliphatic rings. The van der Waals surface area contributed by atoms with Crippen LogP contribution < -0.4 is 10.5 Å². The summed E-state index contributed by atoms with van der Waals surface area (Å²) >= 11 is 4.82. The van der Waals surface area contributed by atoms with Crippen molar-refractivity contribution >= 4 is 22.9 Å². The predicted molar refractivity (Wildman–Crippen MR) is 76.2 cm³/mol. The molecule has 0 spiro atoms. The van der Waals surface area contributed by atoms with E-state index in [2.05, 4.69) is 18.8 Å². The Kier molecular flexibility index (Phi) is 3.81. The Morgan fingerprint density at radius 3 is 3.00 bits per heavy atom. The minimum atomic E-state index is 0.398. The molecule has 0 fully saturated rings. The lowest BCUT2D eigenvalue weighted by Gasteiger charge is -2.06. The zero-order chi connectivity index (χ0) is 13.1. The molecule has 18 heavy (non-hydrogen) atoms. The van der Waals surface area contributed by atoms with Crippen molar-refractivity contribution in [1.29, 1.82) is 0 Å². The molecule has 2 aromatic rings. The van der Waals surface area contributed by atoms with E-state index in [-0.39, 0.29) is 0 Å². The van der Waals surface area contributed by atoms with Crippen molar-refractivity contribution in [3.63, 3.8) is 0 Å². The van der Waals surface area contributed by atoms with Gasteiger partial charge in [-0.1, -0.05) is 26.1 Å². The third-order valence-corrected chi connectivity index (χ3v) is 2.87. The Morgan fingerprint density at radius 2 is 2.33 bits per heavy atom. The molecule has 0 saturated carbocycles. The predicted octanol–water partition coefficient (Wildman–Crippen LogP) is 2.51. The van der Waals surface area contributed by atoms with E-state index in [1.54, 1.807) is 0 Å². The highest BCUT2D eigenvalue weighted by Crippen LogP contribution is 2.22. The van der Waals surface area contributed by atoms with Crippen molar-refractivity contribution < 1.29 is 4.74 Å². The summed E-state index contributed by atoms with van der Waals surface area (Å²) in [6.07, 6.45) is 4.57. The van der Waals surface area contributed by atoms with Gasteiger partial charge in [0.25, 0.3) is 0 Å². The van der Waals surface area contributed by atoms with E-state index in [0.29, 0.717) is 23.9 Å². The molecule has 0 aliphatic carbocycles. The molecule has 96 valence electrons. The van der Waals surface area contributed by atoms with Crippen molar-refractivity contribution in [2.75, 3.05) is 6.61 Å². The largest absolute Gasteiger partial charge is 0.489 e. The van der Waals surface area contributed by atoms with Crippen LogP contribution in [0.25, 0.3) is 5.65 Å². The van der Waals surface area contributed by atoms with Crippen molar-refractivity contribution in [3.05, 3.63) is 30.2 Å². The van der Waals surface area contributed by atoms with E-state index in [1.807, 2.05) is 28.9 Å². The van der Waals surface area contributed by atoms with Crippen LogP contribution in [0.5, 0.6) is 5.75 Å². The van der Waals surface area contributed by atoms with Crippen LogP contribution in [0, 0.1) is 0 Å². The number of hydrogen-bond acceptors (Lipinski definition) is 3. The Bertz CT molecular complexity index is 562. The van der Waals surface area contributed by atoms with Crippen LogP contribution in [0.15, 0.2) is 24.5 Å². The Morgan fingerprint density at radius 1 is 1.56 bits per heavy atom. The number of aromatic nitrogens is 2. The second kappa shape index (κ2) is 5.35. The number of pyridine rings is 1. The van der Waals surface area contributed by atoms with Gasteiger partial charge in [0.15, 0.2) is 11.4 Å². The van der Waals surface area contributed by atoms with Gasteiger partial charge in [-0.3, -0.25) is 0 Å². The Labute approximate surface area is 112 Å². The van der Waals surface area contributed by atoms with Crippen molar-refractivity contribution in [2.24, 2.45) is 5.73 Å². The van der Waals surface area contributed by atoms with Crippen LogP contribution >= 0.6 is 12.2 Å². The molecule has 0 aromatic carbocycles. The minimum absolute atomic E-state index is 0.398. The normalized spacial score (nSPS) is 11.1. The lowest BCUT2D eigenvalue weighted by Crippen LogP contribution is -2.12. The van der Waals surface area contributed by atoms with E-state index in [4.69, 9.17) is 22.7 Å². The zero-order valence-electron chi connectivity index (χ0n) is 10.6. The number of rotatable bonds is 5. The summed E-state index contributed by atoms with van der Waals surface area (Å²) in [5.41, 5.74) is 7.34. The SMILES string of the molecule is CC(C)c1cn2cccc(OCCC(N)=S)c2n1. The summed E-state index contributed by atoms with van der Waals surface area (Å²) in [6, 6.07) is 3.85. The van der Waals surface area contributed by atoms with Crippen LogP contribution in [0.4, 0.5) is 0 Å². The molecule has 2 rings (SSSR count). The molecule has 0 radical (unpaired) electrons. The third-order valence-electron chi connectivity index (χ3n) is 2.66. The first kappa shape index (κ1) is 12.8. The third kappa shape index (κ3) is 2.79. The van der Waals surface area contributed by atoms with Gasteiger partial charge in [-0.05, 0) is 18.1 Å². The van der Waals surface area contributed by atoms with E-state index >= 15 is 0 Å². The number of hydrogen-bond donors (Lipinski definition) is 1. The highest BCUT2D eigenvalue weighted by Gasteiger charge is 2.09. The van der Waals surface area contributed by atoms with Crippen molar-refractivity contribution in [2.45, 2.75) is 26.2 Å². The monoisotopic (exact) mass is 263 g/mol. The second-order valence-electron chi connectivity index (χ2n) is 4.49. The van der Waals surface area contributed by atoms with Crippen LogP contribution in [0.3, 0.4) is 0 Å². The minimum Gasteiger partial charge on any atom is -0.489 e. The van der Waals surface area contributed by atoms with Gasteiger partial charge in [-0.2, -0.15) is 0 Å². The molecule has 5 heteroatoms. The smallest absolute Gasteiger partial charge is 0.179 e. The molecule has 0 aliphatic heterocycles. The summed E-state index contributed by atoms with van der Waals surface area (Å²) in [5.74, 6) is 1.16. The summed E-state index contributed by atoms with van der Waals surface area (Å²) < 4.78 is 7.65. The lowest BCUT2D eigenvalue weighted by molar-refractivity contribution is 0.331. The standard InChI is InChI=1S/C13H17N3OS/c1-9(2)10-8-16-6-3-4-11(13(16)15-10)17-7-5-12(14)18/h3-4,6,8-9H,5,7H2,1-2H3,(H2,14,18). The average molecular weight is 263 g/mol. The number of thiocarbonyl (C=S) groups is 1. The van der Waals surface area contributed by atoms with Gasteiger partial charge in [0.2, 0.25) is 0 Å². The molecule has 4 nitrogen and oxygen atoms in total. The van der Waals surface area contributed by atoms with Gasteiger partial charge < -0.3 is 14.9 Å². The average Bonchev–Trinajstić information content (AvgIpc) is 2.73. The molecule has 0 amide bonds. The Balaban J connectivity index is 2.24. The van der Waals surface area contributed by atoms with E-state index in [1.165, 1.54) is 0 Å². The first-order valence-electron chi connectivity index (χ1n) is 5.96. The molecule has 2 N–H and O–H groups in total. The first-order chi connectivity index (χ1) is 8.58. The number of nitrogens with zero attached hydrogens (tertiary/aromatic N) is 2. The number of fused-ring (bicyclic) bond motifs is 1. The fourth-order valence-electron chi connectivity index (χ4n) is 1.66. The lowest BCUT2D eigenvalue weighted by atomic mass is 10.2. The van der Waals surface area contributed by atoms with Gasteiger partial charge in [0.05, 0.1) is 17.3 Å². The maximum absolute atomic E-state index is 5.67. The van der Waals surface area contributed by atoms with Gasteiger partial charge in [0, 0.05) is 18.8 Å². The van der Waals surface area contributed by atoms with Gasteiger partial charge >= 0.3 is 0 Å². The fourth-order valence-corrected chi connectivity index (χ4v) is 1.74. The molecule has 0 saturated heterocycles. The topological polar surface area (TPSA) is 52.5 Å². The maximum atomic E-state index is 5.67. The first-order valence-corrected chi connectivity index (χ1v) is 6.37. The van der Waals surface area contributed by atoms with Gasteiger partial charge in [0.1, 0.15) is 0 Å². The van der Waals surface area contributed by atoms with Gasteiger partial charge in [-0.15, -0.1) is 0 Å². The summed E-state index contributed by atoms with van der Waals surface area (Å²) in [6.45, 7) is 4.73. The summed E-state index contributed by atoms with van der Waals surface area (Å²) in [7, 11) is 0. The van der Waals surface area contributed by atoms with Crippen LogP contribution in [0.1, 0.15) is 31.9 Å². The molecule has 0 bridgehead atoms. The Hall–Kier alpha value is -1.62. The van der Waals surface area contributed by atoms with E-state index < -0.39 is 0 Å². The number of ether oxygens (including phenoxy) is 1. The molecule has 0 atom stereocenters. The zero-order valence-corrected chi connectivity index (χ0v) is 11.4. The molecular formula is C13H17N3OS. The van der Waals surface area contributed by atoms with Crippen LogP contribution in [-0.4, -0.2) is 21.0 Å². The molecular weight excluding hydrogens is 246 g/mol. The van der Waals surface area contributed by atoms with Crippen LogP contribution in [0.2, 0.25) is 0 Å². The quantitative estimate of drug-likeness (QED) is 0.842.